The maximum absolute atomic E-state index is 12.9. The van der Waals surface area contributed by atoms with Gasteiger partial charge in [-0.15, -0.1) is 5.10 Å². The third kappa shape index (κ3) is 5.82. The van der Waals surface area contributed by atoms with E-state index in [0.29, 0.717) is 0 Å². The average molecular weight is 495 g/mol. The Kier molecular flexibility index (Phi) is 6.88. The second-order valence-corrected chi connectivity index (χ2v) is 7.03. The van der Waals surface area contributed by atoms with Crippen LogP contribution in [-0.4, -0.2) is 32.6 Å². The number of non-ortho nitro benzene ring substituents is 1. The van der Waals surface area contributed by atoms with Crippen LogP contribution >= 0.6 is 0 Å². The van der Waals surface area contributed by atoms with Crippen LogP contribution in [-0.2, 0) is 11.0 Å². The van der Waals surface area contributed by atoms with Gasteiger partial charge in [0.15, 0.2) is 0 Å². The summed E-state index contributed by atoms with van der Waals surface area (Å²) in [6.07, 6.45) is -3.64. The Morgan fingerprint density at radius 1 is 1.11 bits per heavy atom. The van der Waals surface area contributed by atoms with E-state index in [9.17, 15) is 38.2 Å². The fraction of sp³-hybridized carbons (Fsp3) is 0.200. The number of benzene rings is 2. The Hall–Kier alpha value is -4.69. The van der Waals surface area contributed by atoms with Gasteiger partial charge < -0.3 is 14.8 Å². The molecule has 3 rings (SSSR count). The molecule has 0 aliphatic heterocycles. The summed E-state index contributed by atoms with van der Waals surface area (Å²) in [5, 5.41) is 28.6. The highest BCUT2D eigenvalue weighted by Gasteiger charge is 2.31. The first-order valence-electron chi connectivity index (χ1n) is 9.62. The molecular weight excluding hydrogens is 479 g/mol. The zero-order valence-electron chi connectivity index (χ0n) is 18.0. The number of hydrogen-bond donors (Lipinski definition) is 1. The van der Waals surface area contributed by atoms with Gasteiger partial charge in [0.25, 0.3) is 5.69 Å². The van der Waals surface area contributed by atoms with Crippen LogP contribution in [0.15, 0.2) is 48.7 Å². The first kappa shape index (κ1) is 24.9. The molecule has 1 unspecified atom stereocenters. The lowest BCUT2D eigenvalue weighted by molar-refractivity contribution is -0.385. The number of alkyl halides is 3. The lowest BCUT2D eigenvalue weighted by atomic mass is 10.2. The number of nitrogens with one attached hydrogen (secondary N) is 1. The van der Waals surface area contributed by atoms with Crippen LogP contribution in [0.25, 0.3) is 0 Å². The van der Waals surface area contributed by atoms with E-state index in [-0.39, 0.29) is 23.1 Å². The first-order valence-corrected chi connectivity index (χ1v) is 9.62. The maximum atomic E-state index is 12.9. The fourth-order valence-corrected chi connectivity index (χ4v) is 2.89. The number of methoxy groups -OCH3 is 1. The molecule has 184 valence electrons. The monoisotopic (exact) mass is 495 g/mol. The molecule has 0 aliphatic carbocycles. The average Bonchev–Trinajstić information content (AvgIpc) is 3.23. The molecule has 1 N–H and O–H groups in total. The predicted octanol–water partition coefficient (Wildman–Crippen LogP) is 4.72. The zero-order valence-corrected chi connectivity index (χ0v) is 18.0. The standard InChI is InChI=1S/C20H16F3N5O7/c1-11(26-10-17(28(32)33)19(25-26)34-2)18(29)24-13-7-14(27(30)31)9-16(8-13)35-15-5-3-4-12(6-15)20(21,22)23/h3-11H,1-2H3,(H,24,29). The van der Waals surface area contributed by atoms with Crippen LogP contribution in [0.4, 0.5) is 30.2 Å². The van der Waals surface area contributed by atoms with Crippen molar-refractivity contribution >= 4 is 23.0 Å². The Morgan fingerprint density at radius 3 is 2.40 bits per heavy atom. The van der Waals surface area contributed by atoms with E-state index >= 15 is 0 Å². The van der Waals surface area contributed by atoms with Crippen molar-refractivity contribution in [2.75, 3.05) is 12.4 Å². The second kappa shape index (κ2) is 9.66. The molecular formula is C20H16F3N5O7. The van der Waals surface area contributed by atoms with Crippen LogP contribution in [0.5, 0.6) is 17.4 Å². The Balaban J connectivity index is 1.87. The van der Waals surface area contributed by atoms with Crippen molar-refractivity contribution in [3.05, 3.63) is 74.5 Å². The minimum absolute atomic E-state index is 0.105. The van der Waals surface area contributed by atoms with E-state index in [4.69, 9.17) is 9.47 Å². The fourth-order valence-electron chi connectivity index (χ4n) is 2.89. The molecule has 2 aromatic carbocycles. The molecule has 0 spiro atoms. The highest BCUT2D eigenvalue weighted by molar-refractivity contribution is 5.94. The number of amides is 1. The molecule has 12 nitrogen and oxygen atoms in total. The molecule has 1 aromatic heterocycles. The van der Waals surface area contributed by atoms with Crippen LogP contribution in [0.3, 0.4) is 0 Å². The highest BCUT2D eigenvalue weighted by atomic mass is 19.4. The Bertz CT molecular complexity index is 1290. The molecule has 0 fully saturated rings. The maximum Gasteiger partial charge on any atom is 0.416 e. The van der Waals surface area contributed by atoms with Gasteiger partial charge in [0.2, 0.25) is 5.91 Å². The van der Waals surface area contributed by atoms with E-state index in [2.05, 4.69) is 10.4 Å². The number of ether oxygens (including phenoxy) is 2. The van der Waals surface area contributed by atoms with Crippen molar-refractivity contribution in [3.63, 3.8) is 0 Å². The van der Waals surface area contributed by atoms with Crippen molar-refractivity contribution in [2.24, 2.45) is 0 Å². The summed E-state index contributed by atoms with van der Waals surface area (Å²) >= 11 is 0. The van der Waals surface area contributed by atoms with Crippen LogP contribution in [0, 0.1) is 20.2 Å². The normalized spacial score (nSPS) is 12.0. The summed E-state index contributed by atoms with van der Waals surface area (Å²) in [7, 11) is 1.17. The van der Waals surface area contributed by atoms with Gasteiger partial charge in [-0.05, 0) is 25.1 Å². The number of rotatable bonds is 8. The summed E-state index contributed by atoms with van der Waals surface area (Å²) in [5.41, 5.74) is -2.06. The van der Waals surface area contributed by atoms with Crippen molar-refractivity contribution in [2.45, 2.75) is 19.1 Å². The molecule has 0 saturated heterocycles. The number of carbonyl (C=O) groups excluding carboxylic acids is 1. The van der Waals surface area contributed by atoms with Crippen LogP contribution < -0.4 is 14.8 Å². The van der Waals surface area contributed by atoms with E-state index in [0.717, 1.165) is 41.2 Å². The number of halogens is 3. The minimum Gasteiger partial charge on any atom is -0.475 e. The highest BCUT2D eigenvalue weighted by Crippen LogP contribution is 2.34. The SMILES string of the molecule is COc1nn(C(C)C(=O)Nc2cc(Oc3cccc(C(F)(F)F)c3)cc([N+](=O)[O-])c2)cc1[N+](=O)[O-]. The summed E-state index contributed by atoms with van der Waals surface area (Å²) in [4.78, 5) is 33.5. The Morgan fingerprint density at radius 2 is 1.83 bits per heavy atom. The molecule has 1 amide bonds. The van der Waals surface area contributed by atoms with E-state index in [1.165, 1.54) is 26.2 Å². The summed E-state index contributed by atoms with van der Waals surface area (Å²) in [6, 6.07) is 5.94. The van der Waals surface area contributed by atoms with Gasteiger partial charge in [-0.25, -0.2) is 4.68 Å². The van der Waals surface area contributed by atoms with Crippen LogP contribution in [0.2, 0.25) is 0 Å². The molecule has 3 aromatic rings. The number of hydrogen-bond acceptors (Lipinski definition) is 8. The lowest BCUT2D eigenvalue weighted by Gasteiger charge is -2.14. The minimum atomic E-state index is -4.62. The molecule has 0 aliphatic rings. The summed E-state index contributed by atoms with van der Waals surface area (Å²) < 4.78 is 50.0. The van der Waals surface area contributed by atoms with E-state index in [1.807, 2.05) is 0 Å². The molecule has 35 heavy (non-hydrogen) atoms. The van der Waals surface area contributed by atoms with Gasteiger partial charge in [-0.2, -0.15) is 13.2 Å². The van der Waals surface area contributed by atoms with Crippen molar-refractivity contribution in [1.29, 1.82) is 0 Å². The molecule has 0 radical (unpaired) electrons. The van der Waals surface area contributed by atoms with Gasteiger partial charge in [-0.3, -0.25) is 25.0 Å². The number of nitrogens with zero attached hydrogens (tertiary/aromatic N) is 4. The largest absolute Gasteiger partial charge is 0.475 e. The molecule has 1 heterocycles. The predicted molar refractivity (Wildman–Crippen MR) is 113 cm³/mol. The van der Waals surface area contributed by atoms with Gasteiger partial charge in [-0.1, -0.05) is 6.07 Å². The smallest absolute Gasteiger partial charge is 0.416 e. The molecule has 0 saturated carbocycles. The van der Waals surface area contributed by atoms with Crippen molar-refractivity contribution < 1.29 is 37.3 Å². The number of nitro benzene ring substituents is 1. The van der Waals surface area contributed by atoms with Gasteiger partial charge in [0.05, 0.1) is 34.3 Å². The quantitative estimate of drug-likeness (QED) is 0.348. The molecule has 15 heteroatoms. The number of aromatic nitrogens is 2. The topological polar surface area (TPSA) is 152 Å². The van der Waals surface area contributed by atoms with Gasteiger partial charge in [0, 0.05) is 12.1 Å². The van der Waals surface area contributed by atoms with Crippen molar-refractivity contribution in [3.8, 4) is 17.4 Å². The third-order valence-electron chi connectivity index (χ3n) is 4.61. The zero-order chi connectivity index (χ0) is 25.9. The van der Waals surface area contributed by atoms with E-state index < -0.39 is 44.9 Å². The van der Waals surface area contributed by atoms with Crippen LogP contribution in [0.1, 0.15) is 18.5 Å². The van der Waals surface area contributed by atoms with Gasteiger partial charge >= 0.3 is 17.7 Å². The van der Waals surface area contributed by atoms with E-state index in [1.54, 1.807) is 0 Å². The summed E-state index contributed by atoms with van der Waals surface area (Å²) in [6.45, 7) is 1.36. The summed E-state index contributed by atoms with van der Waals surface area (Å²) in [5.74, 6) is -1.52. The third-order valence-corrected chi connectivity index (χ3v) is 4.61. The molecule has 1 atom stereocenters. The van der Waals surface area contributed by atoms with Crippen molar-refractivity contribution in [1.82, 2.24) is 9.78 Å². The number of nitro groups is 2. The number of anilines is 1. The lowest BCUT2D eigenvalue weighted by Crippen LogP contribution is -2.24. The second-order valence-electron chi connectivity index (χ2n) is 7.03. The first-order chi connectivity index (χ1) is 16.4. The number of carbonyl (C=O) groups is 1. The molecule has 0 bridgehead atoms. The van der Waals surface area contributed by atoms with Gasteiger partial charge in [0.1, 0.15) is 23.7 Å². The Labute approximate surface area is 194 Å².